The second-order valence-corrected chi connectivity index (χ2v) is 4.47. The van der Waals surface area contributed by atoms with Gasteiger partial charge in [-0.25, -0.2) is 4.39 Å². The molecule has 3 N–H and O–H groups in total. The molecule has 1 aliphatic rings. The monoisotopic (exact) mass is 238 g/mol. The van der Waals surface area contributed by atoms with E-state index in [9.17, 15) is 4.39 Å². The Morgan fingerprint density at radius 3 is 2.65 bits per heavy atom. The summed E-state index contributed by atoms with van der Waals surface area (Å²) < 4.78 is 13.8. The lowest BCUT2D eigenvalue weighted by molar-refractivity contribution is 0.143. The molecule has 0 bridgehead atoms. The third-order valence-electron chi connectivity index (χ3n) is 3.26. The minimum atomic E-state index is -0.216. The van der Waals surface area contributed by atoms with E-state index in [1.54, 1.807) is 12.1 Å². The summed E-state index contributed by atoms with van der Waals surface area (Å²) in [7, 11) is 0. The molecule has 0 radical (unpaired) electrons. The molecular formula is C13H19FN2O. The SMILES string of the molecule is NCC(c1ccccc1F)N(CCO)C1CC1. The van der Waals surface area contributed by atoms with Gasteiger partial charge in [-0.05, 0) is 18.9 Å². The van der Waals surface area contributed by atoms with Crippen molar-refractivity contribution in [2.24, 2.45) is 5.73 Å². The summed E-state index contributed by atoms with van der Waals surface area (Å²) in [5.74, 6) is -0.216. The lowest BCUT2D eigenvalue weighted by Crippen LogP contribution is -2.37. The van der Waals surface area contributed by atoms with Crippen LogP contribution in [-0.2, 0) is 0 Å². The summed E-state index contributed by atoms with van der Waals surface area (Å²) in [5, 5.41) is 9.10. The van der Waals surface area contributed by atoms with Crippen molar-refractivity contribution in [3.63, 3.8) is 0 Å². The van der Waals surface area contributed by atoms with E-state index in [1.807, 2.05) is 6.07 Å². The van der Waals surface area contributed by atoms with E-state index in [1.165, 1.54) is 6.07 Å². The van der Waals surface area contributed by atoms with E-state index >= 15 is 0 Å². The predicted molar refractivity (Wildman–Crippen MR) is 65.0 cm³/mol. The first-order valence-corrected chi connectivity index (χ1v) is 6.09. The van der Waals surface area contributed by atoms with E-state index in [4.69, 9.17) is 10.8 Å². The van der Waals surface area contributed by atoms with Gasteiger partial charge in [0.1, 0.15) is 5.82 Å². The zero-order valence-electron chi connectivity index (χ0n) is 9.85. The van der Waals surface area contributed by atoms with Gasteiger partial charge in [0.05, 0.1) is 12.6 Å². The number of benzene rings is 1. The number of nitrogens with zero attached hydrogens (tertiary/aromatic N) is 1. The lowest BCUT2D eigenvalue weighted by Gasteiger charge is -2.31. The van der Waals surface area contributed by atoms with Crippen molar-refractivity contribution in [2.45, 2.75) is 24.9 Å². The first-order valence-electron chi connectivity index (χ1n) is 6.09. The van der Waals surface area contributed by atoms with E-state index < -0.39 is 0 Å². The summed E-state index contributed by atoms with van der Waals surface area (Å²) in [6.45, 7) is 1.01. The molecule has 1 aromatic carbocycles. The normalized spacial score (nSPS) is 17.4. The molecule has 2 rings (SSSR count). The number of aliphatic hydroxyl groups is 1. The zero-order valence-corrected chi connectivity index (χ0v) is 9.85. The first kappa shape index (κ1) is 12.5. The maximum absolute atomic E-state index is 13.8. The Balaban J connectivity index is 2.21. The third kappa shape index (κ3) is 2.83. The highest BCUT2D eigenvalue weighted by atomic mass is 19.1. The van der Waals surface area contributed by atoms with Crippen LogP contribution in [0.1, 0.15) is 24.4 Å². The standard InChI is InChI=1S/C13H19FN2O/c14-12-4-2-1-3-11(12)13(9-15)16(7-8-17)10-5-6-10/h1-4,10,13,17H,5-9,15H2. The minimum absolute atomic E-state index is 0.0848. The Kier molecular flexibility index (Phi) is 4.10. The Labute approximate surface area is 101 Å². The molecule has 0 amide bonds. The highest BCUT2D eigenvalue weighted by molar-refractivity contribution is 5.22. The highest BCUT2D eigenvalue weighted by Crippen LogP contribution is 2.34. The molecule has 0 aromatic heterocycles. The molecule has 1 fully saturated rings. The largest absolute Gasteiger partial charge is 0.395 e. The van der Waals surface area contributed by atoms with Crippen LogP contribution in [0.5, 0.6) is 0 Å². The molecule has 0 saturated heterocycles. The third-order valence-corrected chi connectivity index (χ3v) is 3.26. The molecule has 1 saturated carbocycles. The fourth-order valence-electron chi connectivity index (χ4n) is 2.30. The summed E-state index contributed by atoms with van der Waals surface area (Å²) >= 11 is 0. The van der Waals surface area contributed by atoms with Gasteiger partial charge in [0.25, 0.3) is 0 Å². The van der Waals surface area contributed by atoms with Crippen molar-refractivity contribution in [3.8, 4) is 0 Å². The molecule has 0 heterocycles. The van der Waals surface area contributed by atoms with Gasteiger partial charge in [-0.2, -0.15) is 0 Å². The van der Waals surface area contributed by atoms with Gasteiger partial charge in [0, 0.05) is 24.7 Å². The number of hydrogen-bond donors (Lipinski definition) is 2. The number of halogens is 1. The van der Waals surface area contributed by atoms with Crippen LogP contribution in [0.2, 0.25) is 0 Å². The van der Waals surface area contributed by atoms with E-state index in [0.717, 1.165) is 12.8 Å². The minimum Gasteiger partial charge on any atom is -0.395 e. The molecule has 3 nitrogen and oxygen atoms in total. The van der Waals surface area contributed by atoms with Crippen LogP contribution in [0.15, 0.2) is 24.3 Å². The van der Waals surface area contributed by atoms with Crippen LogP contribution >= 0.6 is 0 Å². The molecule has 1 aliphatic carbocycles. The van der Waals surface area contributed by atoms with Crippen LogP contribution in [0.3, 0.4) is 0 Å². The van der Waals surface area contributed by atoms with Crippen LogP contribution in [0.4, 0.5) is 4.39 Å². The second kappa shape index (κ2) is 5.58. The fraction of sp³-hybridized carbons (Fsp3) is 0.538. The Morgan fingerprint density at radius 1 is 1.41 bits per heavy atom. The molecular weight excluding hydrogens is 219 g/mol. The van der Waals surface area contributed by atoms with Crippen molar-refractivity contribution in [1.82, 2.24) is 4.90 Å². The molecule has 0 aliphatic heterocycles. The van der Waals surface area contributed by atoms with Crippen LogP contribution in [0, 0.1) is 5.82 Å². The Bertz CT molecular complexity index is 368. The van der Waals surface area contributed by atoms with Crippen LogP contribution < -0.4 is 5.73 Å². The van der Waals surface area contributed by atoms with Crippen molar-refractivity contribution in [1.29, 1.82) is 0 Å². The number of aliphatic hydroxyl groups excluding tert-OH is 1. The van der Waals surface area contributed by atoms with Crippen LogP contribution in [0.25, 0.3) is 0 Å². The van der Waals surface area contributed by atoms with E-state index in [2.05, 4.69) is 4.90 Å². The number of rotatable bonds is 6. The van der Waals surface area contributed by atoms with Gasteiger partial charge in [-0.3, -0.25) is 4.90 Å². The molecule has 1 atom stereocenters. The molecule has 17 heavy (non-hydrogen) atoms. The maximum atomic E-state index is 13.8. The highest BCUT2D eigenvalue weighted by Gasteiger charge is 2.34. The predicted octanol–water partition coefficient (Wildman–Crippen LogP) is 1.28. The summed E-state index contributed by atoms with van der Waals surface area (Å²) in [4.78, 5) is 2.12. The molecule has 94 valence electrons. The number of nitrogens with two attached hydrogens (primary N) is 1. The van der Waals surface area contributed by atoms with E-state index in [0.29, 0.717) is 24.7 Å². The second-order valence-electron chi connectivity index (χ2n) is 4.47. The van der Waals surface area contributed by atoms with Gasteiger partial charge >= 0.3 is 0 Å². The van der Waals surface area contributed by atoms with Crippen molar-refractivity contribution in [3.05, 3.63) is 35.6 Å². The van der Waals surface area contributed by atoms with E-state index in [-0.39, 0.29) is 18.5 Å². The van der Waals surface area contributed by atoms with Crippen molar-refractivity contribution in [2.75, 3.05) is 19.7 Å². The Hall–Kier alpha value is -0.970. The average molecular weight is 238 g/mol. The first-order chi connectivity index (χ1) is 8.27. The molecule has 0 spiro atoms. The van der Waals surface area contributed by atoms with Gasteiger partial charge in [0.2, 0.25) is 0 Å². The summed E-state index contributed by atoms with van der Waals surface area (Å²) in [6, 6.07) is 7.07. The van der Waals surface area contributed by atoms with Crippen LogP contribution in [-0.4, -0.2) is 35.7 Å². The fourth-order valence-corrected chi connectivity index (χ4v) is 2.30. The summed E-state index contributed by atoms with van der Waals surface area (Å²) in [5.41, 5.74) is 6.42. The topological polar surface area (TPSA) is 49.5 Å². The van der Waals surface area contributed by atoms with Gasteiger partial charge < -0.3 is 10.8 Å². The van der Waals surface area contributed by atoms with Crippen molar-refractivity contribution >= 4 is 0 Å². The number of hydrogen-bond acceptors (Lipinski definition) is 3. The smallest absolute Gasteiger partial charge is 0.128 e. The summed E-state index contributed by atoms with van der Waals surface area (Å²) in [6.07, 6.45) is 2.23. The average Bonchev–Trinajstić information content (AvgIpc) is 3.15. The van der Waals surface area contributed by atoms with Gasteiger partial charge in [0.15, 0.2) is 0 Å². The zero-order chi connectivity index (χ0) is 12.3. The molecule has 4 heteroatoms. The molecule has 1 aromatic rings. The lowest BCUT2D eigenvalue weighted by atomic mass is 10.0. The molecule has 1 unspecified atom stereocenters. The van der Waals surface area contributed by atoms with Gasteiger partial charge in [-0.1, -0.05) is 18.2 Å². The quantitative estimate of drug-likeness (QED) is 0.785. The van der Waals surface area contributed by atoms with Crippen molar-refractivity contribution < 1.29 is 9.50 Å². The van der Waals surface area contributed by atoms with Gasteiger partial charge in [-0.15, -0.1) is 0 Å². The Morgan fingerprint density at radius 2 is 2.12 bits per heavy atom. The maximum Gasteiger partial charge on any atom is 0.128 e.